The van der Waals surface area contributed by atoms with Gasteiger partial charge in [0, 0.05) is 30.3 Å². The third-order valence-electron chi connectivity index (χ3n) is 2.62. The van der Waals surface area contributed by atoms with Crippen LogP contribution in [0.25, 0.3) is 0 Å². The lowest BCUT2D eigenvalue weighted by Gasteiger charge is -2.32. The van der Waals surface area contributed by atoms with Crippen molar-refractivity contribution in [3.05, 3.63) is 0 Å². The molecule has 4 nitrogen and oxygen atoms in total. The highest BCUT2D eigenvalue weighted by Gasteiger charge is 2.24. The van der Waals surface area contributed by atoms with E-state index in [1.807, 2.05) is 0 Å². The average Bonchev–Trinajstić information content (AvgIpc) is 2.19. The largest absolute Gasteiger partial charge is 0.393 e. The standard InChI is InChI=1S/C14H35N3OSi/c1-9-12(2)15-10-11-18-19(16-13(3,4)5)17-14(6,7)8/h12,15-17,19H,9-11H2,1-8H3. The quantitative estimate of drug-likeness (QED) is 0.472. The maximum Gasteiger partial charge on any atom is 0.335 e. The van der Waals surface area contributed by atoms with Gasteiger partial charge in [-0.3, -0.25) is 0 Å². The molecule has 0 aromatic rings. The van der Waals surface area contributed by atoms with E-state index in [9.17, 15) is 0 Å². The zero-order valence-corrected chi connectivity index (χ0v) is 15.3. The van der Waals surface area contributed by atoms with Gasteiger partial charge in [0.25, 0.3) is 0 Å². The number of hydrogen-bond donors (Lipinski definition) is 3. The Labute approximate surface area is 122 Å². The highest BCUT2D eigenvalue weighted by molar-refractivity contribution is 6.46. The van der Waals surface area contributed by atoms with E-state index in [0.717, 1.165) is 19.6 Å². The van der Waals surface area contributed by atoms with Crippen LogP contribution < -0.4 is 15.3 Å². The molecule has 0 rings (SSSR count). The zero-order valence-electron chi connectivity index (χ0n) is 14.2. The smallest absolute Gasteiger partial charge is 0.335 e. The van der Waals surface area contributed by atoms with Crippen molar-refractivity contribution in [1.82, 2.24) is 15.3 Å². The second-order valence-corrected chi connectivity index (χ2v) is 8.97. The van der Waals surface area contributed by atoms with Crippen molar-refractivity contribution in [1.29, 1.82) is 0 Å². The molecule has 3 N–H and O–H groups in total. The van der Waals surface area contributed by atoms with Gasteiger partial charge in [0.05, 0.1) is 0 Å². The van der Waals surface area contributed by atoms with Gasteiger partial charge in [-0.1, -0.05) is 6.92 Å². The summed E-state index contributed by atoms with van der Waals surface area (Å²) in [5, 5.41) is 3.45. The Morgan fingerprint density at radius 1 is 1.00 bits per heavy atom. The van der Waals surface area contributed by atoms with Crippen molar-refractivity contribution in [2.75, 3.05) is 13.2 Å². The van der Waals surface area contributed by atoms with E-state index in [-0.39, 0.29) is 11.1 Å². The van der Waals surface area contributed by atoms with E-state index in [2.05, 4.69) is 70.7 Å². The predicted octanol–water partition coefficient (Wildman–Crippen LogP) is 1.88. The molecule has 0 aliphatic heterocycles. The van der Waals surface area contributed by atoms with Crippen LogP contribution in [0, 0.1) is 0 Å². The minimum atomic E-state index is -1.60. The fourth-order valence-electron chi connectivity index (χ4n) is 1.53. The Hall–Kier alpha value is 0.0569. The molecule has 0 aromatic heterocycles. The fraction of sp³-hybridized carbons (Fsp3) is 1.00. The van der Waals surface area contributed by atoms with Crippen LogP contribution in [0.5, 0.6) is 0 Å². The van der Waals surface area contributed by atoms with E-state index in [1.54, 1.807) is 0 Å². The molecule has 0 radical (unpaired) electrons. The third kappa shape index (κ3) is 12.8. The fourth-order valence-corrected chi connectivity index (χ4v) is 3.70. The van der Waals surface area contributed by atoms with Gasteiger partial charge >= 0.3 is 9.36 Å². The molecular weight excluding hydrogens is 254 g/mol. The summed E-state index contributed by atoms with van der Waals surface area (Å²) in [6.45, 7) is 19.1. The second kappa shape index (κ2) is 8.37. The van der Waals surface area contributed by atoms with Gasteiger partial charge in [-0.2, -0.15) is 0 Å². The van der Waals surface area contributed by atoms with Crippen molar-refractivity contribution < 1.29 is 4.43 Å². The first kappa shape index (κ1) is 19.1. The van der Waals surface area contributed by atoms with Crippen LogP contribution in [0.4, 0.5) is 0 Å². The summed E-state index contributed by atoms with van der Waals surface area (Å²) in [5.41, 5.74) is 0.165. The third-order valence-corrected chi connectivity index (χ3v) is 5.45. The van der Waals surface area contributed by atoms with Crippen LogP contribution >= 0.6 is 0 Å². The van der Waals surface area contributed by atoms with E-state index in [1.165, 1.54) is 0 Å². The Morgan fingerprint density at radius 2 is 1.47 bits per heavy atom. The summed E-state index contributed by atoms with van der Waals surface area (Å²) in [5.74, 6) is 0. The first-order valence-electron chi connectivity index (χ1n) is 7.44. The van der Waals surface area contributed by atoms with Gasteiger partial charge in [0.1, 0.15) is 0 Å². The van der Waals surface area contributed by atoms with Crippen LogP contribution in [-0.4, -0.2) is 39.6 Å². The Bertz CT molecular complexity index is 220. The summed E-state index contributed by atoms with van der Waals surface area (Å²) >= 11 is 0. The summed E-state index contributed by atoms with van der Waals surface area (Å²) in [4.78, 5) is 7.19. The SMILES string of the molecule is CCC(C)NCCO[SiH](NC(C)(C)C)NC(C)(C)C. The molecule has 0 bridgehead atoms. The van der Waals surface area contributed by atoms with Gasteiger partial charge in [0.15, 0.2) is 0 Å². The van der Waals surface area contributed by atoms with Gasteiger partial charge in [-0.25, -0.2) is 0 Å². The lowest BCUT2D eigenvalue weighted by Crippen LogP contribution is -2.62. The second-order valence-electron chi connectivity index (χ2n) is 7.30. The number of nitrogens with one attached hydrogen (secondary N) is 3. The highest BCUT2D eigenvalue weighted by Crippen LogP contribution is 2.04. The molecule has 1 atom stereocenters. The van der Waals surface area contributed by atoms with Gasteiger partial charge in [-0.15, -0.1) is 0 Å². The average molecular weight is 290 g/mol. The van der Waals surface area contributed by atoms with E-state index in [4.69, 9.17) is 4.43 Å². The van der Waals surface area contributed by atoms with Crippen molar-refractivity contribution in [2.45, 2.75) is 78.9 Å². The molecule has 1 unspecified atom stereocenters. The molecule has 19 heavy (non-hydrogen) atoms. The lowest BCUT2D eigenvalue weighted by molar-refractivity contribution is 0.270. The predicted molar refractivity (Wildman–Crippen MR) is 86.6 cm³/mol. The maximum absolute atomic E-state index is 6.04. The monoisotopic (exact) mass is 289 g/mol. The lowest BCUT2D eigenvalue weighted by atomic mass is 10.1. The molecule has 116 valence electrons. The summed E-state index contributed by atoms with van der Waals surface area (Å²) < 4.78 is 6.04. The number of rotatable bonds is 8. The molecule has 0 aliphatic carbocycles. The molecule has 0 amide bonds. The summed E-state index contributed by atoms with van der Waals surface area (Å²) in [6.07, 6.45) is 1.15. The summed E-state index contributed by atoms with van der Waals surface area (Å²) in [6, 6.07) is 0.565. The molecule has 0 saturated carbocycles. The zero-order chi connectivity index (χ0) is 15.1. The van der Waals surface area contributed by atoms with Crippen molar-refractivity contribution in [2.24, 2.45) is 0 Å². The molecule has 0 aromatic carbocycles. The first-order chi connectivity index (χ1) is 8.53. The molecular formula is C14H35N3OSi. The van der Waals surface area contributed by atoms with Crippen molar-refractivity contribution in [3.63, 3.8) is 0 Å². The normalized spacial score (nSPS) is 15.0. The van der Waals surface area contributed by atoms with Crippen LogP contribution in [-0.2, 0) is 4.43 Å². The van der Waals surface area contributed by atoms with Crippen molar-refractivity contribution >= 4 is 9.36 Å². The number of hydrogen-bond acceptors (Lipinski definition) is 4. The minimum absolute atomic E-state index is 0.0826. The molecule has 0 saturated heterocycles. The maximum atomic E-state index is 6.04. The van der Waals surface area contributed by atoms with E-state index < -0.39 is 9.36 Å². The van der Waals surface area contributed by atoms with Crippen molar-refractivity contribution in [3.8, 4) is 0 Å². The van der Waals surface area contributed by atoms with Crippen LogP contribution in [0.2, 0.25) is 0 Å². The Kier molecular flexibility index (Phi) is 8.39. The molecule has 0 fully saturated rings. The van der Waals surface area contributed by atoms with E-state index >= 15 is 0 Å². The van der Waals surface area contributed by atoms with Gasteiger partial charge < -0.3 is 19.7 Å². The van der Waals surface area contributed by atoms with Gasteiger partial charge in [0.2, 0.25) is 0 Å². The van der Waals surface area contributed by atoms with E-state index in [0.29, 0.717) is 6.04 Å². The first-order valence-corrected chi connectivity index (χ1v) is 9.06. The Balaban J connectivity index is 4.13. The molecule has 5 heteroatoms. The van der Waals surface area contributed by atoms with Gasteiger partial charge in [-0.05, 0) is 54.9 Å². The Morgan fingerprint density at radius 3 is 1.84 bits per heavy atom. The van der Waals surface area contributed by atoms with Crippen LogP contribution in [0.1, 0.15) is 61.8 Å². The summed E-state index contributed by atoms with van der Waals surface area (Å²) in [7, 11) is -1.60. The topological polar surface area (TPSA) is 45.3 Å². The highest BCUT2D eigenvalue weighted by atomic mass is 28.3. The molecule has 0 aliphatic rings. The van der Waals surface area contributed by atoms with Crippen LogP contribution in [0.15, 0.2) is 0 Å². The minimum Gasteiger partial charge on any atom is -0.393 e. The van der Waals surface area contributed by atoms with Crippen LogP contribution in [0.3, 0.4) is 0 Å². The molecule has 0 spiro atoms. The molecule has 0 heterocycles.